The van der Waals surface area contributed by atoms with Crippen LogP contribution in [0.4, 0.5) is 0 Å². The van der Waals surface area contributed by atoms with Crippen molar-refractivity contribution < 1.29 is 0 Å². The minimum Gasteiger partial charge on any atom is -0.326 e. The number of H-pyrrole nitrogens is 1. The average Bonchev–Trinajstić information content (AvgIpc) is 2.74. The topological polar surface area (TPSA) is 57.9 Å². The Labute approximate surface area is 104 Å². The summed E-state index contributed by atoms with van der Waals surface area (Å²) in [4.78, 5) is 2.43. The second-order valence-corrected chi connectivity index (χ2v) is 6.36. The molecule has 3 N–H and O–H groups in total. The van der Waals surface area contributed by atoms with Gasteiger partial charge in [-0.25, -0.2) is 0 Å². The van der Waals surface area contributed by atoms with E-state index >= 15 is 0 Å². The Morgan fingerprint density at radius 3 is 2.71 bits per heavy atom. The van der Waals surface area contributed by atoms with Gasteiger partial charge in [-0.15, -0.1) is 0 Å². The molecule has 0 bridgehead atoms. The van der Waals surface area contributed by atoms with Crippen LogP contribution in [-0.2, 0) is 12.0 Å². The molecule has 1 aliphatic rings. The molecule has 2 atom stereocenters. The molecule has 0 radical (unpaired) electrons. The lowest BCUT2D eigenvalue weighted by Gasteiger charge is -2.21. The predicted molar refractivity (Wildman–Crippen MR) is 69.7 cm³/mol. The molecule has 0 amide bonds. The van der Waals surface area contributed by atoms with Crippen LogP contribution in [0.2, 0.25) is 0 Å². The Bertz CT molecular complexity index is 367. The third-order valence-corrected chi connectivity index (χ3v) is 3.61. The van der Waals surface area contributed by atoms with E-state index in [-0.39, 0.29) is 5.41 Å². The normalized spacial score (nSPS) is 26.6. The first-order chi connectivity index (χ1) is 7.88. The van der Waals surface area contributed by atoms with E-state index in [2.05, 4.69) is 42.8 Å². The quantitative estimate of drug-likeness (QED) is 0.818. The molecule has 2 unspecified atom stereocenters. The van der Waals surface area contributed by atoms with Gasteiger partial charge in [0.05, 0.1) is 6.20 Å². The average molecular weight is 236 g/mol. The van der Waals surface area contributed by atoms with E-state index in [4.69, 9.17) is 5.73 Å². The Kier molecular flexibility index (Phi) is 3.27. The van der Waals surface area contributed by atoms with Gasteiger partial charge in [0.2, 0.25) is 0 Å². The molecular formula is C13H24N4. The molecule has 4 heteroatoms. The zero-order valence-electron chi connectivity index (χ0n) is 11.3. The van der Waals surface area contributed by atoms with Crippen LogP contribution in [0.1, 0.15) is 39.0 Å². The monoisotopic (exact) mass is 236 g/mol. The summed E-state index contributed by atoms with van der Waals surface area (Å²) in [6.07, 6.45) is 1.95. The molecule has 1 saturated heterocycles. The minimum atomic E-state index is 0.124. The first-order valence-corrected chi connectivity index (χ1v) is 6.38. The molecule has 2 heterocycles. The van der Waals surface area contributed by atoms with Gasteiger partial charge in [-0.1, -0.05) is 27.7 Å². The molecule has 17 heavy (non-hydrogen) atoms. The molecule has 96 valence electrons. The molecule has 0 saturated carbocycles. The van der Waals surface area contributed by atoms with Gasteiger partial charge in [0.15, 0.2) is 0 Å². The first kappa shape index (κ1) is 12.6. The minimum absolute atomic E-state index is 0.124. The van der Waals surface area contributed by atoms with Crippen LogP contribution < -0.4 is 5.73 Å². The highest BCUT2D eigenvalue weighted by Crippen LogP contribution is 2.25. The Hall–Kier alpha value is -0.870. The van der Waals surface area contributed by atoms with E-state index in [1.165, 1.54) is 11.3 Å². The van der Waals surface area contributed by atoms with Crippen LogP contribution in [0.5, 0.6) is 0 Å². The molecule has 0 spiro atoms. The second kappa shape index (κ2) is 4.42. The predicted octanol–water partition coefficient (Wildman–Crippen LogP) is 1.49. The molecular weight excluding hydrogens is 212 g/mol. The van der Waals surface area contributed by atoms with E-state index < -0.39 is 0 Å². The smallest absolute Gasteiger partial charge is 0.0535 e. The highest BCUT2D eigenvalue weighted by molar-refractivity contribution is 5.23. The van der Waals surface area contributed by atoms with E-state index in [1.807, 2.05) is 6.20 Å². The van der Waals surface area contributed by atoms with E-state index in [0.717, 1.165) is 19.6 Å². The Morgan fingerprint density at radius 1 is 1.47 bits per heavy atom. The van der Waals surface area contributed by atoms with Gasteiger partial charge >= 0.3 is 0 Å². The number of nitrogens with zero attached hydrogens (tertiary/aromatic N) is 2. The van der Waals surface area contributed by atoms with Crippen LogP contribution in [0.25, 0.3) is 0 Å². The molecule has 1 aromatic rings. The van der Waals surface area contributed by atoms with Gasteiger partial charge in [-0.2, -0.15) is 5.10 Å². The fourth-order valence-corrected chi connectivity index (χ4v) is 2.55. The van der Waals surface area contributed by atoms with Crippen molar-refractivity contribution >= 4 is 0 Å². The summed E-state index contributed by atoms with van der Waals surface area (Å²) in [6, 6.07) is 0.319. The fourth-order valence-electron chi connectivity index (χ4n) is 2.55. The van der Waals surface area contributed by atoms with E-state index in [1.54, 1.807) is 0 Å². The summed E-state index contributed by atoms with van der Waals surface area (Å²) in [5, 5.41) is 7.32. The van der Waals surface area contributed by atoms with Gasteiger partial charge in [-0.3, -0.25) is 10.00 Å². The molecule has 1 aromatic heterocycles. The van der Waals surface area contributed by atoms with Gasteiger partial charge in [0, 0.05) is 42.3 Å². The van der Waals surface area contributed by atoms with Crippen molar-refractivity contribution in [2.75, 3.05) is 13.1 Å². The zero-order valence-corrected chi connectivity index (χ0v) is 11.3. The maximum Gasteiger partial charge on any atom is 0.0535 e. The number of likely N-dealkylation sites (tertiary alicyclic amines) is 1. The number of aromatic nitrogens is 2. The highest BCUT2D eigenvalue weighted by Gasteiger charge is 2.28. The summed E-state index contributed by atoms with van der Waals surface area (Å²) in [5.41, 5.74) is 8.73. The lowest BCUT2D eigenvalue weighted by atomic mass is 9.89. The maximum atomic E-state index is 6.06. The number of rotatable bonds is 2. The zero-order chi connectivity index (χ0) is 12.6. The third-order valence-electron chi connectivity index (χ3n) is 3.61. The summed E-state index contributed by atoms with van der Waals surface area (Å²) < 4.78 is 0. The third kappa shape index (κ3) is 2.69. The molecule has 2 rings (SSSR count). The van der Waals surface area contributed by atoms with Gasteiger partial charge < -0.3 is 5.73 Å². The van der Waals surface area contributed by atoms with Crippen molar-refractivity contribution in [3.8, 4) is 0 Å². The number of aromatic amines is 1. The number of nitrogens with two attached hydrogens (primary N) is 1. The molecule has 1 aliphatic heterocycles. The van der Waals surface area contributed by atoms with Gasteiger partial charge in [0.25, 0.3) is 0 Å². The number of hydrogen-bond acceptors (Lipinski definition) is 3. The molecule has 0 aliphatic carbocycles. The van der Waals surface area contributed by atoms with Crippen molar-refractivity contribution in [3.05, 3.63) is 17.5 Å². The summed E-state index contributed by atoms with van der Waals surface area (Å²) in [6.45, 7) is 11.9. The summed E-state index contributed by atoms with van der Waals surface area (Å²) >= 11 is 0. The van der Waals surface area contributed by atoms with Crippen molar-refractivity contribution in [2.24, 2.45) is 11.7 Å². The summed E-state index contributed by atoms with van der Waals surface area (Å²) in [5.74, 6) is 0.597. The first-order valence-electron chi connectivity index (χ1n) is 6.38. The number of nitrogens with one attached hydrogen (secondary N) is 1. The van der Waals surface area contributed by atoms with Crippen molar-refractivity contribution in [2.45, 2.75) is 45.7 Å². The van der Waals surface area contributed by atoms with Gasteiger partial charge in [0.1, 0.15) is 0 Å². The lowest BCUT2D eigenvalue weighted by molar-refractivity contribution is 0.316. The SMILES string of the molecule is CC1CN(Cc2cn[nH]c2C(C)(C)C)CC1N. The summed E-state index contributed by atoms with van der Waals surface area (Å²) in [7, 11) is 0. The Morgan fingerprint density at radius 2 is 2.18 bits per heavy atom. The van der Waals surface area contributed by atoms with Crippen molar-refractivity contribution in [1.29, 1.82) is 0 Å². The Balaban J connectivity index is 2.08. The molecule has 4 nitrogen and oxygen atoms in total. The largest absolute Gasteiger partial charge is 0.326 e. The molecule has 0 aromatic carbocycles. The van der Waals surface area contributed by atoms with Crippen molar-refractivity contribution in [1.82, 2.24) is 15.1 Å². The van der Waals surface area contributed by atoms with Crippen LogP contribution in [0.15, 0.2) is 6.20 Å². The maximum absolute atomic E-state index is 6.06. The highest BCUT2D eigenvalue weighted by atomic mass is 15.2. The van der Waals surface area contributed by atoms with Crippen LogP contribution in [0.3, 0.4) is 0 Å². The second-order valence-electron chi connectivity index (χ2n) is 6.36. The van der Waals surface area contributed by atoms with Crippen LogP contribution in [0, 0.1) is 5.92 Å². The molecule has 1 fully saturated rings. The van der Waals surface area contributed by atoms with Crippen LogP contribution >= 0.6 is 0 Å². The van der Waals surface area contributed by atoms with E-state index in [0.29, 0.717) is 12.0 Å². The van der Waals surface area contributed by atoms with Crippen LogP contribution in [-0.4, -0.2) is 34.2 Å². The standard InChI is InChI=1S/C13H24N4/c1-9-6-17(8-11(9)14)7-10-5-15-16-12(10)13(2,3)4/h5,9,11H,6-8,14H2,1-4H3,(H,15,16). The number of hydrogen-bond donors (Lipinski definition) is 2. The lowest BCUT2D eigenvalue weighted by Crippen LogP contribution is -2.28. The van der Waals surface area contributed by atoms with E-state index in [9.17, 15) is 0 Å². The fraction of sp³-hybridized carbons (Fsp3) is 0.769. The van der Waals surface area contributed by atoms with Gasteiger partial charge in [-0.05, 0) is 5.92 Å². The van der Waals surface area contributed by atoms with Crippen molar-refractivity contribution in [3.63, 3.8) is 0 Å².